The van der Waals surface area contributed by atoms with Crippen LogP contribution in [0.1, 0.15) is 24.0 Å². The van der Waals surface area contributed by atoms with Gasteiger partial charge in [0.25, 0.3) is 5.69 Å². The van der Waals surface area contributed by atoms with E-state index in [9.17, 15) is 15.2 Å². The zero-order valence-corrected chi connectivity index (χ0v) is 12.2. The summed E-state index contributed by atoms with van der Waals surface area (Å²) < 4.78 is 0. The largest absolute Gasteiger partial charge is 0.394 e. The summed E-state index contributed by atoms with van der Waals surface area (Å²) in [6.45, 7) is 0.209. The summed E-state index contributed by atoms with van der Waals surface area (Å²) in [7, 11) is 1.95. The van der Waals surface area contributed by atoms with Crippen LogP contribution in [-0.4, -0.2) is 52.4 Å². The Bertz CT molecular complexity index is 506. The van der Waals surface area contributed by atoms with Gasteiger partial charge in [-0.05, 0) is 43.9 Å². The molecule has 0 saturated heterocycles. The number of likely N-dealkylation sites (N-methyl/N-ethyl adjacent to an activating group) is 1. The third-order valence-corrected chi connectivity index (χ3v) is 4.23. The average molecular weight is 294 g/mol. The lowest BCUT2D eigenvalue weighted by molar-refractivity contribution is -0.384. The zero-order valence-electron chi connectivity index (χ0n) is 12.2. The van der Waals surface area contributed by atoms with Crippen molar-refractivity contribution >= 4 is 5.69 Å². The Morgan fingerprint density at radius 3 is 2.67 bits per heavy atom. The number of fused-ring (bicyclic) bond motifs is 1. The fourth-order valence-electron chi connectivity index (χ4n) is 2.97. The lowest BCUT2D eigenvalue weighted by Gasteiger charge is -2.28. The summed E-state index contributed by atoms with van der Waals surface area (Å²) in [5, 5.41) is 29.3. The van der Waals surface area contributed by atoms with E-state index in [1.54, 1.807) is 12.1 Å². The normalized spacial score (nSPS) is 19.9. The van der Waals surface area contributed by atoms with Crippen molar-refractivity contribution in [2.75, 3.05) is 20.2 Å². The molecule has 1 aliphatic rings. The van der Waals surface area contributed by atoms with Crippen LogP contribution in [0.15, 0.2) is 18.2 Å². The number of aliphatic hydroxyl groups is 2. The van der Waals surface area contributed by atoms with Crippen LogP contribution >= 0.6 is 0 Å². The van der Waals surface area contributed by atoms with Crippen LogP contribution in [-0.2, 0) is 12.8 Å². The van der Waals surface area contributed by atoms with Crippen molar-refractivity contribution < 1.29 is 15.1 Å². The van der Waals surface area contributed by atoms with E-state index in [1.165, 1.54) is 5.56 Å². The van der Waals surface area contributed by atoms with Gasteiger partial charge in [0.15, 0.2) is 0 Å². The van der Waals surface area contributed by atoms with Crippen molar-refractivity contribution in [1.29, 1.82) is 0 Å². The van der Waals surface area contributed by atoms with Gasteiger partial charge >= 0.3 is 0 Å². The molecule has 0 radical (unpaired) electrons. The van der Waals surface area contributed by atoms with Crippen molar-refractivity contribution in [3.05, 3.63) is 39.4 Å². The molecule has 6 nitrogen and oxygen atoms in total. The van der Waals surface area contributed by atoms with Crippen LogP contribution in [0.5, 0.6) is 0 Å². The molecule has 0 bridgehead atoms. The van der Waals surface area contributed by atoms with Crippen molar-refractivity contribution in [3.8, 4) is 0 Å². The third kappa shape index (κ3) is 4.00. The number of nitro benzene ring substituents is 1. The van der Waals surface area contributed by atoms with E-state index in [0.717, 1.165) is 31.2 Å². The second-order valence-corrected chi connectivity index (χ2v) is 5.72. The zero-order chi connectivity index (χ0) is 15.4. The maximum absolute atomic E-state index is 10.8. The highest BCUT2D eigenvalue weighted by molar-refractivity contribution is 5.40. The first-order chi connectivity index (χ1) is 10.0. The molecule has 0 fully saturated rings. The van der Waals surface area contributed by atoms with Crippen LogP contribution < -0.4 is 0 Å². The van der Waals surface area contributed by atoms with Crippen LogP contribution in [0, 0.1) is 10.1 Å². The summed E-state index contributed by atoms with van der Waals surface area (Å²) in [6.07, 6.45) is 2.84. The number of non-ortho nitro benzene ring substituents is 1. The second-order valence-electron chi connectivity index (χ2n) is 5.72. The van der Waals surface area contributed by atoms with E-state index in [-0.39, 0.29) is 17.2 Å². The molecule has 0 spiro atoms. The molecule has 1 aromatic rings. The van der Waals surface area contributed by atoms with Gasteiger partial charge in [-0.3, -0.25) is 10.1 Å². The molecule has 0 aromatic heterocycles. The standard InChI is InChI=1S/C15H22N2O4/c1-16(9-15(19)10-18)13-5-2-11-3-7-14(17(20)21)8-12(11)4-6-13/h3,7-8,13,15,18-19H,2,4-6,9-10H2,1H3/t13?,15-/m1/s1. The Hall–Kier alpha value is -1.50. The maximum atomic E-state index is 10.8. The number of aryl methyl sites for hydroxylation is 2. The first-order valence-electron chi connectivity index (χ1n) is 7.26. The summed E-state index contributed by atoms with van der Waals surface area (Å²) in [5.41, 5.74) is 2.39. The van der Waals surface area contributed by atoms with Crippen molar-refractivity contribution in [2.45, 2.75) is 37.8 Å². The third-order valence-electron chi connectivity index (χ3n) is 4.23. The Labute approximate surface area is 124 Å². The number of nitro groups is 1. The van der Waals surface area contributed by atoms with Crippen molar-refractivity contribution in [2.24, 2.45) is 0 Å². The van der Waals surface area contributed by atoms with Crippen LogP contribution in [0.25, 0.3) is 0 Å². The molecule has 116 valence electrons. The summed E-state index contributed by atoms with van der Waals surface area (Å²) >= 11 is 0. The Morgan fingerprint density at radius 1 is 1.38 bits per heavy atom. The molecule has 2 rings (SSSR count). The second kappa shape index (κ2) is 6.98. The highest BCUT2D eigenvalue weighted by atomic mass is 16.6. The lowest BCUT2D eigenvalue weighted by Crippen LogP contribution is -2.39. The minimum absolute atomic E-state index is 0.149. The van der Waals surface area contributed by atoms with Gasteiger partial charge in [-0.25, -0.2) is 0 Å². The fourth-order valence-corrected chi connectivity index (χ4v) is 2.97. The van der Waals surface area contributed by atoms with E-state index in [2.05, 4.69) is 4.90 Å². The Balaban J connectivity index is 2.04. The lowest BCUT2D eigenvalue weighted by atomic mass is 10.0. The van der Waals surface area contributed by atoms with Crippen molar-refractivity contribution in [3.63, 3.8) is 0 Å². The number of hydrogen-bond donors (Lipinski definition) is 2. The predicted octanol–water partition coefficient (Wildman–Crippen LogP) is 1.13. The SMILES string of the molecule is CN(C[C@@H](O)CO)C1CCc2ccc([N+](=O)[O-])cc2CC1. The molecule has 0 amide bonds. The summed E-state index contributed by atoms with van der Waals surface area (Å²) in [4.78, 5) is 12.6. The van der Waals surface area contributed by atoms with E-state index in [1.807, 2.05) is 13.1 Å². The predicted molar refractivity (Wildman–Crippen MR) is 79.2 cm³/mol. The minimum Gasteiger partial charge on any atom is -0.394 e. The van der Waals surface area contributed by atoms with E-state index >= 15 is 0 Å². The number of aliphatic hydroxyl groups excluding tert-OH is 2. The highest BCUT2D eigenvalue weighted by Gasteiger charge is 2.22. The monoisotopic (exact) mass is 294 g/mol. The molecular formula is C15H22N2O4. The molecule has 1 aromatic carbocycles. The number of hydrogen-bond acceptors (Lipinski definition) is 5. The number of nitrogens with zero attached hydrogens (tertiary/aromatic N) is 2. The molecule has 0 aliphatic heterocycles. The fraction of sp³-hybridized carbons (Fsp3) is 0.600. The van der Waals surface area contributed by atoms with Gasteiger partial charge in [-0.2, -0.15) is 0 Å². The van der Waals surface area contributed by atoms with Crippen LogP contribution in [0.2, 0.25) is 0 Å². The smallest absolute Gasteiger partial charge is 0.269 e. The van der Waals surface area contributed by atoms with Gasteiger partial charge in [0.1, 0.15) is 0 Å². The molecule has 1 aliphatic carbocycles. The van der Waals surface area contributed by atoms with E-state index < -0.39 is 6.10 Å². The molecule has 0 saturated carbocycles. The molecule has 2 N–H and O–H groups in total. The molecular weight excluding hydrogens is 272 g/mol. The van der Waals surface area contributed by atoms with Gasteiger partial charge in [-0.1, -0.05) is 6.07 Å². The van der Waals surface area contributed by atoms with Crippen LogP contribution in [0.4, 0.5) is 5.69 Å². The average Bonchev–Trinajstić information content (AvgIpc) is 2.68. The minimum atomic E-state index is -0.721. The maximum Gasteiger partial charge on any atom is 0.269 e. The van der Waals surface area contributed by atoms with Crippen molar-refractivity contribution in [1.82, 2.24) is 4.90 Å². The number of rotatable bonds is 5. The number of benzene rings is 1. The Morgan fingerprint density at radius 2 is 2.05 bits per heavy atom. The summed E-state index contributed by atoms with van der Waals surface area (Å²) in [5.74, 6) is 0. The topological polar surface area (TPSA) is 86.8 Å². The molecule has 2 atom stereocenters. The van der Waals surface area contributed by atoms with Gasteiger partial charge in [0.2, 0.25) is 0 Å². The van der Waals surface area contributed by atoms with Gasteiger partial charge in [0.05, 0.1) is 17.6 Å². The quantitative estimate of drug-likeness (QED) is 0.483. The summed E-state index contributed by atoms with van der Waals surface area (Å²) in [6, 6.07) is 5.43. The van der Waals surface area contributed by atoms with Gasteiger partial charge in [0, 0.05) is 24.7 Å². The molecule has 0 heterocycles. The molecule has 6 heteroatoms. The highest BCUT2D eigenvalue weighted by Crippen LogP contribution is 2.26. The van der Waals surface area contributed by atoms with E-state index in [4.69, 9.17) is 5.11 Å². The molecule has 1 unspecified atom stereocenters. The Kier molecular flexibility index (Phi) is 5.27. The molecule has 21 heavy (non-hydrogen) atoms. The first-order valence-corrected chi connectivity index (χ1v) is 7.26. The van der Waals surface area contributed by atoms with Crippen LogP contribution in [0.3, 0.4) is 0 Å². The van der Waals surface area contributed by atoms with Gasteiger partial charge < -0.3 is 15.1 Å². The van der Waals surface area contributed by atoms with E-state index in [0.29, 0.717) is 12.6 Å². The first kappa shape index (κ1) is 15.9. The van der Waals surface area contributed by atoms with Gasteiger partial charge in [-0.15, -0.1) is 0 Å².